The van der Waals surface area contributed by atoms with Gasteiger partial charge in [0.25, 0.3) is 0 Å². The zero-order chi connectivity index (χ0) is 8.27. The molecule has 1 N–H and O–H groups in total. The number of hydrogen-bond donors (Lipinski definition) is 1. The van der Waals surface area contributed by atoms with Crippen LogP contribution in [0.5, 0.6) is 0 Å². The van der Waals surface area contributed by atoms with Crippen molar-refractivity contribution in [3.05, 3.63) is 28.8 Å². The lowest BCUT2D eigenvalue weighted by Gasteiger charge is -2.08. The molecule has 1 rings (SSSR count). The van der Waals surface area contributed by atoms with Gasteiger partial charge in [0.2, 0.25) is 0 Å². The summed E-state index contributed by atoms with van der Waals surface area (Å²) in [7, 11) is 0. The van der Waals surface area contributed by atoms with Gasteiger partial charge < -0.3 is 5.32 Å². The normalized spacial score (nSPS) is 9.73. The molecular weight excluding hydrogens is 158 g/mol. The van der Waals surface area contributed by atoms with E-state index >= 15 is 0 Å². The maximum absolute atomic E-state index is 5.95. The van der Waals surface area contributed by atoms with Crippen molar-refractivity contribution in [1.82, 2.24) is 0 Å². The molecule has 0 aliphatic heterocycles. The van der Waals surface area contributed by atoms with Crippen molar-refractivity contribution in [3.8, 4) is 0 Å². The van der Waals surface area contributed by atoms with Crippen molar-refractivity contribution in [2.24, 2.45) is 0 Å². The van der Waals surface area contributed by atoms with E-state index in [1.807, 2.05) is 25.1 Å². The van der Waals surface area contributed by atoms with Crippen LogP contribution >= 0.6 is 11.6 Å². The van der Waals surface area contributed by atoms with Gasteiger partial charge in [0, 0.05) is 6.54 Å². The lowest BCUT2D eigenvalue weighted by atomic mass is 10.2. The molecule has 0 fully saturated rings. The van der Waals surface area contributed by atoms with Crippen LogP contribution in [0.3, 0.4) is 0 Å². The standard InChI is InChI=1S/C9H12ClN/c1-3-11-9-7(2)5-4-6-8(9)10/h4-6,11H,3H2,1-2H3. The van der Waals surface area contributed by atoms with Crippen molar-refractivity contribution in [1.29, 1.82) is 0 Å². The average Bonchev–Trinajstić information content (AvgIpc) is 1.97. The third-order valence-electron chi connectivity index (χ3n) is 1.58. The minimum atomic E-state index is 0.798. The van der Waals surface area contributed by atoms with Gasteiger partial charge in [-0.3, -0.25) is 0 Å². The molecule has 0 bridgehead atoms. The predicted molar refractivity (Wildman–Crippen MR) is 50.4 cm³/mol. The number of rotatable bonds is 2. The predicted octanol–water partition coefficient (Wildman–Crippen LogP) is 3.08. The summed E-state index contributed by atoms with van der Waals surface area (Å²) in [6, 6.07) is 5.90. The second-order valence-corrected chi connectivity index (χ2v) is 2.87. The molecule has 0 saturated heterocycles. The first-order valence-electron chi connectivity index (χ1n) is 3.74. The van der Waals surface area contributed by atoms with Gasteiger partial charge in [0.15, 0.2) is 0 Å². The molecule has 0 unspecified atom stereocenters. The fraction of sp³-hybridized carbons (Fsp3) is 0.333. The minimum Gasteiger partial charge on any atom is -0.384 e. The molecule has 0 spiro atoms. The van der Waals surface area contributed by atoms with Gasteiger partial charge in [-0.1, -0.05) is 23.7 Å². The molecule has 1 aromatic carbocycles. The Labute approximate surface area is 72.4 Å². The molecule has 11 heavy (non-hydrogen) atoms. The fourth-order valence-electron chi connectivity index (χ4n) is 1.03. The molecule has 0 aliphatic carbocycles. The van der Waals surface area contributed by atoms with Crippen LogP contribution in [0, 0.1) is 6.92 Å². The minimum absolute atomic E-state index is 0.798. The first-order valence-corrected chi connectivity index (χ1v) is 4.12. The van der Waals surface area contributed by atoms with E-state index in [1.54, 1.807) is 0 Å². The van der Waals surface area contributed by atoms with Gasteiger partial charge in [0.1, 0.15) is 0 Å². The molecule has 1 aromatic rings. The Balaban J connectivity index is 3.00. The summed E-state index contributed by atoms with van der Waals surface area (Å²) in [5.41, 5.74) is 2.25. The molecule has 2 heteroatoms. The van der Waals surface area contributed by atoms with Crippen LogP contribution in [-0.4, -0.2) is 6.54 Å². The van der Waals surface area contributed by atoms with E-state index in [-0.39, 0.29) is 0 Å². The molecule has 1 nitrogen and oxygen atoms in total. The number of halogens is 1. The lowest BCUT2D eigenvalue weighted by Crippen LogP contribution is -1.98. The van der Waals surface area contributed by atoms with Crippen LogP contribution in [0.2, 0.25) is 5.02 Å². The largest absolute Gasteiger partial charge is 0.384 e. The molecule has 0 radical (unpaired) electrons. The van der Waals surface area contributed by atoms with Gasteiger partial charge >= 0.3 is 0 Å². The van der Waals surface area contributed by atoms with E-state index in [0.717, 1.165) is 17.3 Å². The van der Waals surface area contributed by atoms with E-state index in [2.05, 4.69) is 12.2 Å². The summed E-state index contributed by atoms with van der Waals surface area (Å²) in [6.45, 7) is 5.01. The van der Waals surface area contributed by atoms with E-state index in [0.29, 0.717) is 0 Å². The quantitative estimate of drug-likeness (QED) is 0.718. The highest BCUT2D eigenvalue weighted by Gasteiger charge is 1.99. The lowest BCUT2D eigenvalue weighted by molar-refractivity contribution is 1.20. The second kappa shape index (κ2) is 3.63. The van der Waals surface area contributed by atoms with Crippen LogP contribution in [0.15, 0.2) is 18.2 Å². The Bertz CT molecular complexity index is 225. The Morgan fingerprint density at radius 3 is 2.73 bits per heavy atom. The highest BCUT2D eigenvalue weighted by atomic mass is 35.5. The topological polar surface area (TPSA) is 12.0 Å². The molecule has 0 amide bonds. The molecule has 0 atom stereocenters. The van der Waals surface area contributed by atoms with E-state index in [1.165, 1.54) is 5.56 Å². The van der Waals surface area contributed by atoms with E-state index < -0.39 is 0 Å². The maximum atomic E-state index is 5.95. The zero-order valence-electron chi connectivity index (χ0n) is 6.82. The van der Waals surface area contributed by atoms with Gasteiger partial charge in [-0.25, -0.2) is 0 Å². The fourth-order valence-corrected chi connectivity index (χ4v) is 1.32. The number of para-hydroxylation sites is 1. The van der Waals surface area contributed by atoms with Crippen LogP contribution in [0.1, 0.15) is 12.5 Å². The van der Waals surface area contributed by atoms with Crippen molar-refractivity contribution >= 4 is 17.3 Å². The highest BCUT2D eigenvalue weighted by molar-refractivity contribution is 6.33. The Kier molecular flexibility index (Phi) is 2.77. The number of aryl methyl sites for hydroxylation is 1. The van der Waals surface area contributed by atoms with Crippen molar-refractivity contribution < 1.29 is 0 Å². The maximum Gasteiger partial charge on any atom is 0.0640 e. The summed E-state index contributed by atoms with van der Waals surface area (Å²) in [5.74, 6) is 0. The first-order chi connectivity index (χ1) is 5.25. The Morgan fingerprint density at radius 2 is 2.18 bits per heavy atom. The number of hydrogen-bond acceptors (Lipinski definition) is 1. The van der Waals surface area contributed by atoms with Crippen LogP contribution < -0.4 is 5.32 Å². The van der Waals surface area contributed by atoms with Crippen molar-refractivity contribution in [3.63, 3.8) is 0 Å². The van der Waals surface area contributed by atoms with Gasteiger partial charge in [-0.05, 0) is 25.5 Å². The molecule has 0 saturated carbocycles. The van der Waals surface area contributed by atoms with Gasteiger partial charge in [0.05, 0.1) is 10.7 Å². The van der Waals surface area contributed by atoms with E-state index in [9.17, 15) is 0 Å². The molecular formula is C9H12ClN. The summed E-state index contributed by atoms with van der Waals surface area (Å²) in [5, 5.41) is 4.01. The van der Waals surface area contributed by atoms with Crippen LogP contribution in [0.25, 0.3) is 0 Å². The summed E-state index contributed by atoms with van der Waals surface area (Å²) < 4.78 is 0. The Morgan fingerprint density at radius 1 is 1.45 bits per heavy atom. The monoisotopic (exact) mass is 169 g/mol. The summed E-state index contributed by atoms with van der Waals surface area (Å²) >= 11 is 5.95. The van der Waals surface area contributed by atoms with Crippen LogP contribution in [0.4, 0.5) is 5.69 Å². The smallest absolute Gasteiger partial charge is 0.0640 e. The molecule has 0 heterocycles. The SMILES string of the molecule is CCNc1c(C)cccc1Cl. The highest BCUT2D eigenvalue weighted by Crippen LogP contribution is 2.24. The summed E-state index contributed by atoms with van der Waals surface area (Å²) in [4.78, 5) is 0. The van der Waals surface area contributed by atoms with E-state index in [4.69, 9.17) is 11.6 Å². The van der Waals surface area contributed by atoms with Crippen molar-refractivity contribution in [2.75, 3.05) is 11.9 Å². The Hall–Kier alpha value is -0.690. The van der Waals surface area contributed by atoms with Gasteiger partial charge in [-0.15, -0.1) is 0 Å². The average molecular weight is 170 g/mol. The van der Waals surface area contributed by atoms with Crippen molar-refractivity contribution in [2.45, 2.75) is 13.8 Å². The number of anilines is 1. The third-order valence-corrected chi connectivity index (χ3v) is 1.89. The zero-order valence-corrected chi connectivity index (χ0v) is 7.57. The number of benzene rings is 1. The molecule has 0 aliphatic rings. The van der Waals surface area contributed by atoms with Gasteiger partial charge in [-0.2, -0.15) is 0 Å². The third kappa shape index (κ3) is 1.87. The summed E-state index contributed by atoms with van der Waals surface area (Å²) in [6.07, 6.45) is 0. The molecule has 60 valence electrons. The second-order valence-electron chi connectivity index (χ2n) is 2.46. The first kappa shape index (κ1) is 8.41. The van der Waals surface area contributed by atoms with Crippen LogP contribution in [-0.2, 0) is 0 Å². The number of nitrogens with one attached hydrogen (secondary N) is 1. The molecule has 0 aromatic heterocycles.